The Labute approximate surface area is 109 Å². The van der Waals surface area contributed by atoms with Crippen molar-refractivity contribution in [3.05, 3.63) is 35.9 Å². The lowest BCUT2D eigenvalue weighted by molar-refractivity contribution is -0.134. The first-order chi connectivity index (χ1) is 8.68. The lowest BCUT2D eigenvalue weighted by Crippen LogP contribution is -2.38. The van der Waals surface area contributed by atoms with Crippen LogP contribution in [0.15, 0.2) is 30.3 Å². The van der Waals surface area contributed by atoms with Gasteiger partial charge in [-0.05, 0) is 18.5 Å². The van der Waals surface area contributed by atoms with Crippen molar-refractivity contribution in [3.8, 4) is 0 Å². The molecule has 0 aliphatic carbocycles. The van der Waals surface area contributed by atoms with Crippen LogP contribution in [-0.2, 0) is 4.79 Å². The first-order valence-corrected chi connectivity index (χ1v) is 6.75. The van der Waals surface area contributed by atoms with E-state index in [9.17, 15) is 4.79 Å². The maximum atomic E-state index is 12.1. The zero-order chi connectivity index (χ0) is 13.0. The summed E-state index contributed by atoms with van der Waals surface area (Å²) in [6, 6.07) is 10.6. The summed E-state index contributed by atoms with van der Waals surface area (Å²) < 4.78 is 0. The third kappa shape index (κ3) is 3.10. The maximum absolute atomic E-state index is 12.1. The number of carbonyl (C=O) groups is 1. The highest BCUT2D eigenvalue weighted by molar-refractivity contribution is 5.78. The van der Waals surface area contributed by atoms with E-state index in [4.69, 9.17) is 0 Å². The van der Waals surface area contributed by atoms with Gasteiger partial charge < -0.3 is 10.2 Å². The third-order valence-electron chi connectivity index (χ3n) is 3.41. The Morgan fingerprint density at radius 1 is 1.33 bits per heavy atom. The van der Waals surface area contributed by atoms with Gasteiger partial charge in [-0.15, -0.1) is 0 Å². The number of carbonyl (C=O) groups excluding carboxylic acids is 1. The molecule has 0 spiro atoms. The standard InChI is InChI=1S/C15H22N2O/c1-12(2)15(18)17-10-6-9-16-14(11-17)13-7-4-3-5-8-13/h3-5,7-8,12,14,16H,6,9-11H2,1-2H3. The monoisotopic (exact) mass is 246 g/mol. The van der Waals surface area contributed by atoms with Crippen molar-refractivity contribution < 1.29 is 4.79 Å². The molecule has 3 heteroatoms. The normalized spacial score (nSPS) is 20.8. The van der Waals surface area contributed by atoms with E-state index in [0.29, 0.717) is 0 Å². The molecular weight excluding hydrogens is 224 g/mol. The molecule has 1 aromatic carbocycles. The van der Waals surface area contributed by atoms with Crippen LogP contribution in [0.25, 0.3) is 0 Å². The molecule has 1 N–H and O–H groups in total. The van der Waals surface area contributed by atoms with E-state index in [1.54, 1.807) is 0 Å². The summed E-state index contributed by atoms with van der Waals surface area (Å²) in [6.45, 7) is 6.56. The Morgan fingerprint density at radius 2 is 2.06 bits per heavy atom. The predicted molar refractivity (Wildman–Crippen MR) is 73.2 cm³/mol. The molecule has 0 aromatic heterocycles. The van der Waals surface area contributed by atoms with E-state index in [-0.39, 0.29) is 17.9 Å². The zero-order valence-corrected chi connectivity index (χ0v) is 11.2. The summed E-state index contributed by atoms with van der Waals surface area (Å²) >= 11 is 0. The van der Waals surface area contributed by atoms with Gasteiger partial charge in [0.25, 0.3) is 0 Å². The van der Waals surface area contributed by atoms with Crippen molar-refractivity contribution >= 4 is 5.91 Å². The Morgan fingerprint density at radius 3 is 2.72 bits per heavy atom. The second kappa shape index (κ2) is 6.01. The lowest BCUT2D eigenvalue weighted by Gasteiger charge is -2.26. The fraction of sp³-hybridized carbons (Fsp3) is 0.533. The summed E-state index contributed by atoms with van der Waals surface area (Å²) in [5.41, 5.74) is 1.26. The average Bonchev–Trinajstić information content (AvgIpc) is 2.64. The first-order valence-electron chi connectivity index (χ1n) is 6.75. The van der Waals surface area contributed by atoms with Gasteiger partial charge in [0.2, 0.25) is 5.91 Å². The van der Waals surface area contributed by atoms with Gasteiger partial charge in [0.05, 0.1) is 0 Å². The molecular formula is C15H22N2O. The van der Waals surface area contributed by atoms with Crippen LogP contribution < -0.4 is 5.32 Å². The number of hydrogen-bond acceptors (Lipinski definition) is 2. The smallest absolute Gasteiger partial charge is 0.225 e. The highest BCUT2D eigenvalue weighted by Crippen LogP contribution is 2.18. The van der Waals surface area contributed by atoms with Gasteiger partial charge in [0, 0.05) is 25.0 Å². The van der Waals surface area contributed by atoms with Gasteiger partial charge in [-0.2, -0.15) is 0 Å². The summed E-state index contributed by atoms with van der Waals surface area (Å²) in [5.74, 6) is 0.346. The van der Waals surface area contributed by atoms with Crippen molar-refractivity contribution in [1.29, 1.82) is 0 Å². The van der Waals surface area contributed by atoms with E-state index in [0.717, 1.165) is 26.1 Å². The number of rotatable bonds is 2. The molecule has 1 aliphatic heterocycles. The Hall–Kier alpha value is -1.35. The van der Waals surface area contributed by atoms with Gasteiger partial charge in [-0.1, -0.05) is 44.2 Å². The van der Waals surface area contributed by atoms with Crippen molar-refractivity contribution in [1.82, 2.24) is 10.2 Å². The average molecular weight is 246 g/mol. The number of nitrogens with zero attached hydrogens (tertiary/aromatic N) is 1. The molecule has 3 nitrogen and oxygen atoms in total. The van der Waals surface area contributed by atoms with E-state index in [1.807, 2.05) is 24.8 Å². The molecule has 0 bridgehead atoms. The van der Waals surface area contributed by atoms with Gasteiger partial charge in [-0.3, -0.25) is 4.79 Å². The lowest BCUT2D eigenvalue weighted by atomic mass is 10.1. The quantitative estimate of drug-likeness (QED) is 0.867. The Kier molecular flexibility index (Phi) is 4.37. The van der Waals surface area contributed by atoms with Crippen LogP contribution in [-0.4, -0.2) is 30.4 Å². The maximum Gasteiger partial charge on any atom is 0.225 e. The van der Waals surface area contributed by atoms with Crippen LogP contribution in [0.1, 0.15) is 31.9 Å². The topological polar surface area (TPSA) is 32.3 Å². The van der Waals surface area contributed by atoms with Crippen LogP contribution >= 0.6 is 0 Å². The number of hydrogen-bond donors (Lipinski definition) is 1. The molecule has 18 heavy (non-hydrogen) atoms. The van der Waals surface area contributed by atoms with Gasteiger partial charge in [0.1, 0.15) is 0 Å². The van der Waals surface area contributed by atoms with Crippen molar-refractivity contribution in [2.45, 2.75) is 26.3 Å². The predicted octanol–water partition coefficient (Wildman–Crippen LogP) is 2.21. The second-order valence-electron chi connectivity index (χ2n) is 5.21. The second-order valence-corrected chi connectivity index (χ2v) is 5.21. The fourth-order valence-corrected chi connectivity index (χ4v) is 2.40. The number of nitrogens with one attached hydrogen (secondary N) is 1. The van der Waals surface area contributed by atoms with E-state index in [1.165, 1.54) is 5.56 Å². The van der Waals surface area contributed by atoms with E-state index >= 15 is 0 Å². The van der Waals surface area contributed by atoms with Crippen molar-refractivity contribution in [2.75, 3.05) is 19.6 Å². The Balaban J connectivity index is 2.10. The molecule has 1 amide bonds. The summed E-state index contributed by atoms with van der Waals surface area (Å²) in [6.07, 6.45) is 1.03. The summed E-state index contributed by atoms with van der Waals surface area (Å²) in [5, 5.41) is 3.53. The largest absolute Gasteiger partial charge is 0.341 e. The molecule has 1 aliphatic rings. The molecule has 98 valence electrons. The first kappa shape index (κ1) is 13.1. The molecule has 2 rings (SSSR count). The molecule has 1 atom stereocenters. The number of benzene rings is 1. The van der Waals surface area contributed by atoms with E-state index < -0.39 is 0 Å². The highest BCUT2D eigenvalue weighted by atomic mass is 16.2. The van der Waals surface area contributed by atoms with Crippen LogP contribution in [0.2, 0.25) is 0 Å². The molecule has 1 aromatic rings. The molecule has 1 saturated heterocycles. The van der Waals surface area contributed by atoms with Crippen LogP contribution in [0.3, 0.4) is 0 Å². The van der Waals surface area contributed by atoms with Gasteiger partial charge in [0.15, 0.2) is 0 Å². The van der Waals surface area contributed by atoms with E-state index in [2.05, 4.69) is 29.6 Å². The van der Waals surface area contributed by atoms with Crippen LogP contribution in [0.5, 0.6) is 0 Å². The van der Waals surface area contributed by atoms with Gasteiger partial charge in [-0.25, -0.2) is 0 Å². The van der Waals surface area contributed by atoms with Crippen molar-refractivity contribution in [2.24, 2.45) is 5.92 Å². The van der Waals surface area contributed by atoms with Gasteiger partial charge >= 0.3 is 0 Å². The Bertz CT molecular complexity index is 389. The fourth-order valence-electron chi connectivity index (χ4n) is 2.40. The molecule has 1 heterocycles. The molecule has 0 radical (unpaired) electrons. The molecule has 1 fully saturated rings. The SMILES string of the molecule is CC(C)C(=O)N1CCCNC(c2ccccc2)C1. The minimum Gasteiger partial charge on any atom is -0.341 e. The minimum absolute atomic E-state index is 0.0829. The highest BCUT2D eigenvalue weighted by Gasteiger charge is 2.23. The third-order valence-corrected chi connectivity index (χ3v) is 3.41. The van der Waals surface area contributed by atoms with Crippen molar-refractivity contribution in [3.63, 3.8) is 0 Å². The molecule has 0 saturated carbocycles. The zero-order valence-electron chi connectivity index (χ0n) is 11.2. The van der Waals surface area contributed by atoms with Crippen LogP contribution in [0, 0.1) is 5.92 Å². The molecule has 1 unspecified atom stereocenters. The number of amides is 1. The summed E-state index contributed by atoms with van der Waals surface area (Å²) in [7, 11) is 0. The summed E-state index contributed by atoms with van der Waals surface area (Å²) in [4.78, 5) is 14.1. The minimum atomic E-state index is 0.0829. The van der Waals surface area contributed by atoms with Crippen LogP contribution in [0.4, 0.5) is 0 Å².